The van der Waals surface area contributed by atoms with Gasteiger partial charge in [0.2, 0.25) is 0 Å². The van der Waals surface area contributed by atoms with Crippen LogP contribution in [0, 0.1) is 12.8 Å². The van der Waals surface area contributed by atoms with Crippen LogP contribution in [0.2, 0.25) is 5.02 Å². The Labute approximate surface area is 175 Å². The summed E-state index contributed by atoms with van der Waals surface area (Å²) in [5.41, 5.74) is 6.91. The largest absolute Gasteiger partial charge is 0.373 e. The van der Waals surface area contributed by atoms with Crippen molar-refractivity contribution in [1.82, 2.24) is 14.5 Å². The molecule has 1 aliphatic carbocycles. The summed E-state index contributed by atoms with van der Waals surface area (Å²) in [5, 5.41) is 13.5. The van der Waals surface area contributed by atoms with Crippen LogP contribution in [-0.2, 0) is 6.54 Å². The van der Waals surface area contributed by atoms with E-state index in [-0.39, 0.29) is 22.2 Å². The molecule has 0 aliphatic heterocycles. The molecule has 8 heteroatoms. The minimum atomic E-state index is -0.907. The molecule has 1 aromatic carbocycles. The van der Waals surface area contributed by atoms with Gasteiger partial charge in [0.1, 0.15) is 6.23 Å². The van der Waals surface area contributed by atoms with Crippen LogP contribution in [0.3, 0.4) is 0 Å². The van der Waals surface area contributed by atoms with E-state index in [0.717, 1.165) is 31.4 Å². The summed E-state index contributed by atoms with van der Waals surface area (Å²) in [6.45, 7) is 2.62. The highest BCUT2D eigenvalue weighted by molar-refractivity contribution is 6.33. The van der Waals surface area contributed by atoms with Gasteiger partial charge in [0.15, 0.2) is 0 Å². The number of nitrogens with two attached hydrogens (primary N) is 1. The van der Waals surface area contributed by atoms with E-state index in [1.165, 1.54) is 17.4 Å². The van der Waals surface area contributed by atoms with Crippen molar-refractivity contribution in [1.29, 1.82) is 0 Å². The molecule has 0 radical (unpaired) electrons. The second-order valence-corrected chi connectivity index (χ2v) is 8.10. The topological polar surface area (TPSA) is 102 Å². The number of carbonyl (C=O) groups excluding carboxylic acids is 1. The van der Waals surface area contributed by atoms with E-state index in [1.807, 2.05) is 6.92 Å². The van der Waals surface area contributed by atoms with E-state index in [2.05, 4.69) is 5.32 Å². The van der Waals surface area contributed by atoms with Crippen LogP contribution in [0.1, 0.15) is 54.6 Å². The molecule has 2 aromatic rings. The Bertz CT molecular complexity index is 913. The van der Waals surface area contributed by atoms with Crippen molar-refractivity contribution in [2.75, 3.05) is 6.54 Å². The van der Waals surface area contributed by atoms with Crippen molar-refractivity contribution in [3.63, 3.8) is 0 Å². The molecule has 3 rings (SSSR count). The quantitative estimate of drug-likeness (QED) is 0.493. The number of hydrogen-bond donors (Lipinski definition) is 3. The summed E-state index contributed by atoms with van der Waals surface area (Å²) < 4.78 is 3.06. The normalized spacial score (nSPS) is 16.4. The summed E-state index contributed by atoms with van der Waals surface area (Å²) in [6, 6.07) is 4.85. The Morgan fingerprint density at radius 2 is 2.00 bits per heavy atom. The Hall–Kier alpha value is -2.09. The van der Waals surface area contributed by atoms with Gasteiger partial charge in [-0.2, -0.15) is 0 Å². The van der Waals surface area contributed by atoms with Crippen molar-refractivity contribution in [2.24, 2.45) is 11.7 Å². The van der Waals surface area contributed by atoms with E-state index < -0.39 is 12.1 Å². The predicted molar refractivity (Wildman–Crippen MR) is 113 cm³/mol. The third-order valence-corrected chi connectivity index (χ3v) is 5.96. The number of hydrogen-bond acceptors (Lipinski definition) is 4. The lowest BCUT2D eigenvalue weighted by atomic mass is 9.98. The lowest BCUT2D eigenvalue weighted by molar-refractivity contribution is 0.0532. The van der Waals surface area contributed by atoms with Crippen LogP contribution < -0.4 is 16.7 Å². The van der Waals surface area contributed by atoms with Crippen molar-refractivity contribution < 1.29 is 9.90 Å². The Morgan fingerprint density at radius 3 is 2.66 bits per heavy atom. The zero-order chi connectivity index (χ0) is 21.0. The van der Waals surface area contributed by atoms with Crippen molar-refractivity contribution in [3.05, 3.63) is 51.2 Å². The number of aliphatic hydroxyl groups is 1. The Balaban J connectivity index is 1.83. The molecule has 1 aliphatic rings. The fraction of sp³-hybridized carbons (Fsp3) is 0.524. The molecule has 7 nitrogen and oxygen atoms in total. The lowest BCUT2D eigenvalue weighted by Crippen LogP contribution is -2.40. The standard InChI is InChI=1S/C21H29ClN4O3/c1-14-13-26(21(29)25(14)11-10-23)16-8-9-18(22)17(12-16)20(28)24-19(27)15-6-4-2-3-5-7-15/h8-9,12-13,15,19,27H,2-7,10-11,23H2,1H3,(H,24,28). The van der Waals surface area contributed by atoms with Crippen LogP contribution in [0.15, 0.2) is 29.2 Å². The zero-order valence-corrected chi connectivity index (χ0v) is 17.5. The van der Waals surface area contributed by atoms with Crippen LogP contribution in [0.25, 0.3) is 5.69 Å². The molecule has 1 saturated carbocycles. The van der Waals surface area contributed by atoms with Crippen molar-refractivity contribution in [3.8, 4) is 5.69 Å². The average Bonchev–Trinajstić information content (AvgIpc) is 2.89. The van der Waals surface area contributed by atoms with Gasteiger partial charge in [0.25, 0.3) is 5.91 Å². The fourth-order valence-corrected chi connectivity index (χ4v) is 4.18. The number of rotatable bonds is 6. The summed E-state index contributed by atoms with van der Waals surface area (Å²) >= 11 is 6.25. The number of aliphatic hydroxyl groups excluding tert-OH is 1. The third-order valence-electron chi connectivity index (χ3n) is 5.63. The minimum absolute atomic E-state index is 0.0546. The van der Waals surface area contributed by atoms with E-state index in [0.29, 0.717) is 18.8 Å². The smallest absolute Gasteiger partial charge is 0.332 e. The first-order valence-corrected chi connectivity index (χ1v) is 10.6. The average molecular weight is 421 g/mol. The molecule has 1 aromatic heterocycles. The highest BCUT2D eigenvalue weighted by atomic mass is 35.5. The molecule has 4 N–H and O–H groups in total. The zero-order valence-electron chi connectivity index (χ0n) is 16.7. The van der Waals surface area contributed by atoms with Gasteiger partial charge in [-0.1, -0.05) is 37.3 Å². The molecule has 1 fully saturated rings. The first kappa shape index (κ1) is 21.6. The van der Waals surface area contributed by atoms with Gasteiger partial charge in [-0.05, 0) is 38.0 Å². The molecule has 1 atom stereocenters. The molecule has 1 heterocycles. The maximum Gasteiger partial charge on any atom is 0.332 e. The van der Waals surface area contributed by atoms with Crippen molar-refractivity contribution >= 4 is 17.5 Å². The van der Waals surface area contributed by atoms with Crippen molar-refractivity contribution in [2.45, 2.75) is 58.2 Å². The summed E-state index contributed by atoms with van der Waals surface area (Å²) in [5.74, 6) is -0.390. The molecule has 1 unspecified atom stereocenters. The van der Waals surface area contributed by atoms with E-state index in [9.17, 15) is 14.7 Å². The summed E-state index contributed by atoms with van der Waals surface area (Å²) in [7, 11) is 0. The number of benzene rings is 1. The number of carbonyl (C=O) groups is 1. The number of halogens is 1. The number of amides is 1. The fourth-order valence-electron chi connectivity index (χ4n) is 3.97. The number of nitrogens with one attached hydrogen (secondary N) is 1. The van der Waals surface area contributed by atoms with E-state index in [1.54, 1.807) is 29.0 Å². The van der Waals surface area contributed by atoms with Gasteiger partial charge in [-0.15, -0.1) is 0 Å². The highest BCUT2D eigenvalue weighted by Gasteiger charge is 2.24. The Morgan fingerprint density at radius 1 is 1.31 bits per heavy atom. The second-order valence-electron chi connectivity index (χ2n) is 7.70. The maximum absolute atomic E-state index is 12.8. The number of aromatic nitrogens is 2. The van der Waals surface area contributed by atoms with Gasteiger partial charge in [-0.3, -0.25) is 13.9 Å². The highest BCUT2D eigenvalue weighted by Crippen LogP contribution is 2.25. The van der Waals surface area contributed by atoms with Gasteiger partial charge in [0.05, 0.1) is 16.3 Å². The monoisotopic (exact) mass is 420 g/mol. The second kappa shape index (κ2) is 9.61. The molecule has 29 heavy (non-hydrogen) atoms. The van der Waals surface area contributed by atoms with Gasteiger partial charge >= 0.3 is 5.69 Å². The molecule has 158 valence electrons. The van der Waals surface area contributed by atoms with Crippen LogP contribution in [0.5, 0.6) is 0 Å². The Kier molecular flexibility index (Phi) is 7.16. The van der Waals surface area contributed by atoms with E-state index in [4.69, 9.17) is 17.3 Å². The SMILES string of the molecule is Cc1cn(-c2ccc(Cl)c(C(=O)NC(O)C3CCCCCC3)c2)c(=O)n1CCN. The molecule has 0 spiro atoms. The first-order valence-electron chi connectivity index (χ1n) is 10.2. The number of imidazole rings is 1. The molecular formula is C21H29ClN4O3. The van der Waals surface area contributed by atoms with Gasteiger partial charge < -0.3 is 16.2 Å². The minimum Gasteiger partial charge on any atom is -0.373 e. The molecular weight excluding hydrogens is 392 g/mol. The molecule has 0 bridgehead atoms. The van der Waals surface area contributed by atoms with Crippen LogP contribution in [-0.4, -0.2) is 32.9 Å². The van der Waals surface area contributed by atoms with Crippen LogP contribution >= 0.6 is 11.6 Å². The van der Waals surface area contributed by atoms with E-state index >= 15 is 0 Å². The maximum atomic E-state index is 12.8. The lowest BCUT2D eigenvalue weighted by Gasteiger charge is -2.22. The first-order chi connectivity index (χ1) is 13.9. The predicted octanol–water partition coefficient (Wildman–Crippen LogP) is 2.58. The number of nitrogens with zero attached hydrogens (tertiary/aromatic N) is 2. The molecule has 1 amide bonds. The van der Waals surface area contributed by atoms with Crippen LogP contribution in [0.4, 0.5) is 0 Å². The summed E-state index contributed by atoms with van der Waals surface area (Å²) in [4.78, 5) is 25.4. The van der Waals surface area contributed by atoms with Gasteiger partial charge in [-0.25, -0.2) is 4.79 Å². The number of aryl methyl sites for hydroxylation is 1. The summed E-state index contributed by atoms with van der Waals surface area (Å²) in [6.07, 6.45) is 7.08. The molecule has 0 saturated heterocycles. The third kappa shape index (κ3) is 4.91. The van der Waals surface area contributed by atoms with Gasteiger partial charge in [0, 0.05) is 30.9 Å².